The maximum absolute atomic E-state index is 4.31. The van der Waals surface area contributed by atoms with Crippen molar-refractivity contribution in [2.24, 2.45) is 0 Å². The lowest BCUT2D eigenvalue weighted by molar-refractivity contribution is 1.06. The van der Waals surface area contributed by atoms with Gasteiger partial charge in [0, 0.05) is 5.69 Å². The lowest BCUT2D eigenvalue weighted by Gasteiger charge is -1.98. The molecule has 2 rings (SSSR count). The molecular weight excluding hydrogens is 328 g/mol. The van der Waals surface area contributed by atoms with Gasteiger partial charge in [0.05, 0.1) is 14.4 Å². The minimum atomic E-state index is 0.636. The summed E-state index contributed by atoms with van der Waals surface area (Å²) in [6, 6.07) is 6.04. The van der Waals surface area contributed by atoms with E-state index in [9.17, 15) is 0 Å². The van der Waals surface area contributed by atoms with E-state index in [2.05, 4.69) is 41.8 Å². The third-order valence-corrected chi connectivity index (χ3v) is 3.65. The average molecular weight is 334 g/mol. The van der Waals surface area contributed by atoms with Crippen LogP contribution in [0.25, 0.3) is 10.6 Å². The summed E-state index contributed by atoms with van der Waals surface area (Å²) in [7, 11) is 0. The molecule has 2 aromatic rings. The molecule has 0 saturated heterocycles. The van der Waals surface area contributed by atoms with Gasteiger partial charge in [-0.25, -0.2) is 9.97 Å². The van der Waals surface area contributed by atoms with E-state index in [1.165, 1.54) is 0 Å². The summed E-state index contributed by atoms with van der Waals surface area (Å²) in [5, 5.41) is 0. The number of hydrogen-bond donors (Lipinski definition) is 0. The van der Waals surface area contributed by atoms with Crippen molar-refractivity contribution in [2.75, 3.05) is 0 Å². The van der Waals surface area contributed by atoms with Crippen LogP contribution in [0.3, 0.4) is 0 Å². The van der Waals surface area contributed by atoms with Gasteiger partial charge in [0.25, 0.3) is 0 Å². The molecule has 0 unspecified atom stereocenters. The Bertz CT molecular complexity index is 447. The summed E-state index contributed by atoms with van der Waals surface area (Å²) in [4.78, 5) is 9.62. The third kappa shape index (κ3) is 2.21. The first-order chi connectivity index (χ1) is 6.65. The predicted molar refractivity (Wildman–Crippen MR) is 65.5 cm³/mol. The molecule has 0 spiro atoms. The second-order valence-corrected chi connectivity index (χ2v) is 5.94. The first-order valence-corrected chi connectivity index (χ1v) is 6.32. The highest BCUT2D eigenvalue weighted by Gasteiger charge is 2.05. The van der Waals surface area contributed by atoms with E-state index in [0.717, 1.165) is 20.1 Å². The van der Waals surface area contributed by atoms with E-state index in [0.29, 0.717) is 4.73 Å². The van der Waals surface area contributed by atoms with Gasteiger partial charge in [-0.3, -0.25) is 0 Å². The van der Waals surface area contributed by atoms with Crippen LogP contribution in [0.15, 0.2) is 26.7 Å². The largest absolute Gasteiger partial charge is 0.227 e. The summed E-state index contributed by atoms with van der Waals surface area (Å²) in [5.74, 6) is 0. The molecule has 0 aromatic carbocycles. The number of halogens is 2. The first kappa shape index (κ1) is 10.3. The fourth-order valence-electron chi connectivity index (χ4n) is 1.11. The average Bonchev–Trinajstić information content (AvgIpc) is 2.50. The number of rotatable bonds is 1. The summed E-state index contributed by atoms with van der Waals surface area (Å²) in [6.45, 7) is 1.96. The van der Waals surface area contributed by atoms with Gasteiger partial charge in [0.2, 0.25) is 0 Å². The number of thiophene rings is 1. The molecule has 0 aliphatic rings. The third-order valence-electron chi connectivity index (χ3n) is 1.65. The van der Waals surface area contributed by atoms with Crippen LogP contribution in [0.2, 0.25) is 0 Å². The van der Waals surface area contributed by atoms with Crippen LogP contribution in [0.4, 0.5) is 0 Å². The maximum Gasteiger partial charge on any atom is 0.197 e. The van der Waals surface area contributed by atoms with E-state index >= 15 is 0 Å². The van der Waals surface area contributed by atoms with Crippen LogP contribution in [0.1, 0.15) is 5.69 Å². The number of nitrogens with zero attached hydrogens (tertiary/aromatic N) is 2. The molecule has 0 N–H and O–H groups in total. The normalized spacial score (nSPS) is 10.5. The Morgan fingerprint density at radius 2 is 2.00 bits per heavy atom. The molecule has 2 nitrogen and oxygen atoms in total. The fourth-order valence-corrected chi connectivity index (χ4v) is 2.93. The van der Waals surface area contributed by atoms with Crippen molar-refractivity contribution in [3.05, 3.63) is 32.4 Å². The zero-order valence-corrected chi connectivity index (χ0v) is 11.3. The smallest absolute Gasteiger partial charge is 0.197 e. The van der Waals surface area contributed by atoms with E-state index in [1.807, 2.05) is 25.1 Å². The molecule has 14 heavy (non-hydrogen) atoms. The van der Waals surface area contributed by atoms with Gasteiger partial charge in [-0.2, -0.15) is 0 Å². The highest BCUT2D eigenvalue weighted by molar-refractivity contribution is 9.11. The van der Waals surface area contributed by atoms with Crippen LogP contribution in [0, 0.1) is 6.92 Å². The topological polar surface area (TPSA) is 25.8 Å². The molecule has 0 radical (unpaired) electrons. The molecule has 0 fully saturated rings. The minimum absolute atomic E-state index is 0.636. The Kier molecular flexibility index (Phi) is 2.99. The molecule has 0 atom stereocenters. The lowest BCUT2D eigenvalue weighted by atomic mass is 10.3. The van der Waals surface area contributed by atoms with Crippen molar-refractivity contribution >= 4 is 43.2 Å². The van der Waals surface area contributed by atoms with Crippen molar-refractivity contribution in [2.45, 2.75) is 6.92 Å². The van der Waals surface area contributed by atoms with Crippen molar-refractivity contribution in [1.29, 1.82) is 0 Å². The van der Waals surface area contributed by atoms with Crippen LogP contribution < -0.4 is 0 Å². The summed E-state index contributed by atoms with van der Waals surface area (Å²) < 4.78 is 1.75. The Balaban J connectivity index is 2.51. The van der Waals surface area contributed by atoms with E-state index in [-0.39, 0.29) is 0 Å². The number of aryl methyl sites for hydroxylation is 1. The predicted octanol–water partition coefficient (Wildman–Crippen LogP) is 4.04. The van der Waals surface area contributed by atoms with Gasteiger partial charge >= 0.3 is 0 Å². The highest BCUT2D eigenvalue weighted by atomic mass is 79.9. The molecule has 2 aromatic heterocycles. The molecule has 5 heteroatoms. The highest BCUT2D eigenvalue weighted by Crippen LogP contribution is 2.30. The second-order valence-electron chi connectivity index (χ2n) is 2.77. The molecular formula is C9H6Br2N2S. The number of hydrogen-bond acceptors (Lipinski definition) is 3. The zero-order valence-electron chi connectivity index (χ0n) is 7.29. The summed E-state index contributed by atoms with van der Waals surface area (Å²) in [6.07, 6.45) is 0. The lowest BCUT2D eigenvalue weighted by Crippen LogP contribution is -1.88. The second kappa shape index (κ2) is 4.08. The maximum atomic E-state index is 4.31. The zero-order chi connectivity index (χ0) is 10.1. The molecule has 0 amide bonds. The Hall–Kier alpha value is -0.260. The summed E-state index contributed by atoms with van der Waals surface area (Å²) >= 11 is 8.38. The van der Waals surface area contributed by atoms with Crippen LogP contribution in [-0.2, 0) is 0 Å². The Morgan fingerprint density at radius 1 is 1.21 bits per heavy atom. The summed E-state index contributed by atoms with van der Waals surface area (Å²) in [5.41, 5.74) is 1.92. The van der Waals surface area contributed by atoms with E-state index in [1.54, 1.807) is 11.3 Å². The van der Waals surface area contributed by atoms with Crippen LogP contribution in [0.5, 0.6) is 0 Å². The van der Waals surface area contributed by atoms with E-state index < -0.39 is 0 Å². The molecule has 72 valence electrons. The fraction of sp³-hybridized carbons (Fsp3) is 0.111. The van der Waals surface area contributed by atoms with Gasteiger partial charge < -0.3 is 0 Å². The molecule has 0 aliphatic carbocycles. The van der Waals surface area contributed by atoms with Crippen molar-refractivity contribution in [1.82, 2.24) is 9.97 Å². The molecule has 2 heterocycles. The monoisotopic (exact) mass is 332 g/mol. The number of aromatic nitrogens is 2. The Morgan fingerprint density at radius 3 is 2.57 bits per heavy atom. The molecule has 0 bridgehead atoms. The van der Waals surface area contributed by atoms with Gasteiger partial charge in [-0.15, -0.1) is 11.3 Å². The van der Waals surface area contributed by atoms with Crippen molar-refractivity contribution < 1.29 is 0 Å². The van der Waals surface area contributed by atoms with Crippen molar-refractivity contribution in [3.8, 4) is 10.6 Å². The van der Waals surface area contributed by atoms with Crippen molar-refractivity contribution in [3.63, 3.8) is 0 Å². The van der Waals surface area contributed by atoms with Gasteiger partial charge in [-0.1, -0.05) is 0 Å². The quantitative estimate of drug-likeness (QED) is 0.736. The van der Waals surface area contributed by atoms with Crippen LogP contribution >= 0.6 is 43.2 Å². The molecule has 0 saturated carbocycles. The molecule has 0 aliphatic heterocycles. The van der Waals surface area contributed by atoms with Gasteiger partial charge in [-0.05, 0) is 57.0 Å². The SMILES string of the molecule is Cc1cc(-c2ccc(Br)s2)nc(Br)n1. The van der Waals surface area contributed by atoms with Gasteiger partial charge in [0.1, 0.15) is 0 Å². The standard InChI is InChI=1S/C9H6Br2N2S/c1-5-4-6(13-9(11)12-5)7-2-3-8(10)14-7/h2-4H,1H3. The van der Waals surface area contributed by atoms with Crippen LogP contribution in [-0.4, -0.2) is 9.97 Å². The van der Waals surface area contributed by atoms with Gasteiger partial charge in [0.15, 0.2) is 4.73 Å². The van der Waals surface area contributed by atoms with E-state index in [4.69, 9.17) is 0 Å². The first-order valence-electron chi connectivity index (χ1n) is 3.92. The Labute approximate surface area is 103 Å². The minimum Gasteiger partial charge on any atom is -0.227 e.